The van der Waals surface area contributed by atoms with Gasteiger partial charge in [-0.25, -0.2) is 4.79 Å². The number of benzene rings is 2. The van der Waals surface area contributed by atoms with Crippen molar-refractivity contribution in [2.75, 3.05) is 6.61 Å². The molecule has 4 nitrogen and oxygen atoms in total. The molecule has 0 aromatic heterocycles. The minimum atomic E-state index is -0.167. The van der Waals surface area contributed by atoms with Crippen molar-refractivity contribution < 1.29 is 9.53 Å². The molecule has 0 saturated heterocycles. The number of hydrogen-bond acceptors (Lipinski definition) is 2. The van der Waals surface area contributed by atoms with Crippen LogP contribution in [0.3, 0.4) is 0 Å². The van der Waals surface area contributed by atoms with E-state index in [1.165, 1.54) is 0 Å². The van der Waals surface area contributed by atoms with Gasteiger partial charge < -0.3 is 15.4 Å². The number of carbonyl (C=O) groups excluding carboxylic acids is 1. The predicted octanol–water partition coefficient (Wildman–Crippen LogP) is 4.28. The second-order valence-electron chi connectivity index (χ2n) is 6.04. The van der Waals surface area contributed by atoms with Gasteiger partial charge in [-0.3, -0.25) is 0 Å². The Morgan fingerprint density at radius 2 is 1.83 bits per heavy atom. The average molecular weight is 326 g/mol. The van der Waals surface area contributed by atoms with Crippen molar-refractivity contribution in [2.24, 2.45) is 5.92 Å². The molecule has 0 radical (unpaired) electrons. The van der Waals surface area contributed by atoms with Crippen molar-refractivity contribution in [3.05, 3.63) is 65.7 Å². The van der Waals surface area contributed by atoms with Gasteiger partial charge in [0, 0.05) is 6.54 Å². The zero-order valence-corrected chi connectivity index (χ0v) is 14.6. The molecule has 0 aliphatic carbocycles. The predicted molar refractivity (Wildman–Crippen MR) is 97.0 cm³/mol. The highest BCUT2D eigenvalue weighted by molar-refractivity contribution is 5.74. The third-order valence-corrected chi connectivity index (χ3v) is 3.77. The molecular weight excluding hydrogens is 300 g/mol. The summed E-state index contributed by atoms with van der Waals surface area (Å²) in [6.45, 7) is 7.25. The van der Waals surface area contributed by atoms with E-state index in [0.29, 0.717) is 19.1 Å². The maximum atomic E-state index is 12.3. The van der Waals surface area contributed by atoms with Crippen LogP contribution in [0, 0.1) is 5.92 Å². The molecule has 2 amide bonds. The van der Waals surface area contributed by atoms with Crippen molar-refractivity contribution >= 4 is 6.03 Å². The lowest BCUT2D eigenvalue weighted by Crippen LogP contribution is -2.39. The molecule has 4 heteroatoms. The van der Waals surface area contributed by atoms with Crippen LogP contribution in [-0.2, 0) is 6.54 Å². The molecule has 2 N–H and O–H groups in total. The van der Waals surface area contributed by atoms with Crippen LogP contribution < -0.4 is 15.4 Å². The van der Waals surface area contributed by atoms with E-state index in [1.807, 2.05) is 61.5 Å². The van der Waals surface area contributed by atoms with Gasteiger partial charge in [-0.05, 0) is 36.1 Å². The Kier molecular flexibility index (Phi) is 6.67. The quantitative estimate of drug-likeness (QED) is 0.798. The Hall–Kier alpha value is -2.49. The Morgan fingerprint density at radius 1 is 1.08 bits per heavy atom. The van der Waals surface area contributed by atoms with Gasteiger partial charge in [0.25, 0.3) is 0 Å². The van der Waals surface area contributed by atoms with E-state index >= 15 is 0 Å². The summed E-state index contributed by atoms with van der Waals surface area (Å²) >= 11 is 0. The maximum Gasteiger partial charge on any atom is 0.315 e. The number of hydrogen-bond donors (Lipinski definition) is 2. The van der Waals surface area contributed by atoms with Crippen molar-refractivity contribution in [2.45, 2.75) is 33.4 Å². The van der Waals surface area contributed by atoms with Gasteiger partial charge in [0.1, 0.15) is 5.75 Å². The summed E-state index contributed by atoms with van der Waals surface area (Å²) in [5, 5.41) is 5.98. The molecule has 2 rings (SSSR count). The smallest absolute Gasteiger partial charge is 0.315 e. The summed E-state index contributed by atoms with van der Waals surface area (Å²) in [5.74, 6) is 1.13. The second kappa shape index (κ2) is 8.96. The lowest BCUT2D eigenvalue weighted by molar-refractivity contribution is 0.232. The van der Waals surface area contributed by atoms with E-state index in [1.54, 1.807) is 0 Å². The summed E-state index contributed by atoms with van der Waals surface area (Å²) in [7, 11) is 0. The van der Waals surface area contributed by atoms with Crippen molar-refractivity contribution in [1.82, 2.24) is 10.6 Å². The van der Waals surface area contributed by atoms with Gasteiger partial charge in [-0.15, -0.1) is 0 Å². The van der Waals surface area contributed by atoms with Crippen LogP contribution >= 0.6 is 0 Å². The van der Waals surface area contributed by atoms with Gasteiger partial charge >= 0.3 is 6.03 Å². The van der Waals surface area contributed by atoms with Crippen LogP contribution in [0.1, 0.15) is 37.9 Å². The highest BCUT2D eigenvalue weighted by Gasteiger charge is 2.17. The molecule has 0 spiro atoms. The SMILES string of the molecule is CCOc1cccc(CNC(=O)NC(c2ccccc2)C(C)C)c1. The van der Waals surface area contributed by atoms with Gasteiger partial charge in [-0.1, -0.05) is 56.3 Å². The first-order chi connectivity index (χ1) is 11.6. The number of urea groups is 1. The second-order valence-corrected chi connectivity index (χ2v) is 6.04. The molecule has 0 aliphatic heterocycles. The molecule has 1 unspecified atom stereocenters. The minimum Gasteiger partial charge on any atom is -0.494 e. The standard InChI is InChI=1S/C20H26N2O2/c1-4-24-18-12-8-9-16(13-18)14-21-20(23)22-19(15(2)3)17-10-6-5-7-11-17/h5-13,15,19H,4,14H2,1-3H3,(H2,21,22,23). The van der Waals surface area contributed by atoms with Gasteiger partial charge in [0.2, 0.25) is 0 Å². The van der Waals surface area contributed by atoms with Crippen LogP contribution in [0.4, 0.5) is 4.79 Å². The Balaban J connectivity index is 1.93. The summed E-state index contributed by atoms with van der Waals surface area (Å²) in [6.07, 6.45) is 0. The molecule has 0 fully saturated rings. The fourth-order valence-electron chi connectivity index (χ4n) is 2.58. The Morgan fingerprint density at radius 3 is 2.50 bits per heavy atom. The first-order valence-electron chi connectivity index (χ1n) is 8.41. The van der Waals surface area contributed by atoms with E-state index in [-0.39, 0.29) is 12.1 Å². The normalized spacial score (nSPS) is 11.8. The van der Waals surface area contributed by atoms with Crippen LogP contribution in [-0.4, -0.2) is 12.6 Å². The highest BCUT2D eigenvalue weighted by Crippen LogP contribution is 2.21. The highest BCUT2D eigenvalue weighted by atomic mass is 16.5. The molecule has 24 heavy (non-hydrogen) atoms. The molecule has 0 bridgehead atoms. The Labute approximate surface area is 144 Å². The van der Waals surface area contributed by atoms with E-state index in [9.17, 15) is 4.79 Å². The van der Waals surface area contributed by atoms with Crippen LogP contribution in [0.5, 0.6) is 5.75 Å². The number of nitrogens with one attached hydrogen (secondary N) is 2. The zero-order valence-electron chi connectivity index (χ0n) is 14.6. The first kappa shape index (κ1) is 17.9. The van der Waals surface area contributed by atoms with E-state index in [4.69, 9.17) is 4.74 Å². The molecule has 0 heterocycles. The average Bonchev–Trinajstić information content (AvgIpc) is 2.59. The molecule has 0 aliphatic rings. The first-order valence-corrected chi connectivity index (χ1v) is 8.41. The maximum absolute atomic E-state index is 12.3. The third-order valence-electron chi connectivity index (χ3n) is 3.77. The van der Waals surface area contributed by atoms with Crippen molar-refractivity contribution in [1.29, 1.82) is 0 Å². The van der Waals surface area contributed by atoms with E-state index < -0.39 is 0 Å². The van der Waals surface area contributed by atoms with Crippen LogP contribution in [0.15, 0.2) is 54.6 Å². The summed E-state index contributed by atoms with van der Waals surface area (Å²) < 4.78 is 5.48. The number of amides is 2. The molecule has 0 saturated carbocycles. The molecule has 2 aromatic carbocycles. The summed E-state index contributed by atoms with van der Waals surface area (Å²) in [5.41, 5.74) is 2.12. The number of ether oxygens (including phenoxy) is 1. The lowest BCUT2D eigenvalue weighted by Gasteiger charge is -2.23. The monoisotopic (exact) mass is 326 g/mol. The molecule has 128 valence electrons. The summed E-state index contributed by atoms with van der Waals surface area (Å²) in [6, 6.07) is 17.6. The molecule has 1 atom stereocenters. The minimum absolute atomic E-state index is 0.0130. The van der Waals surface area contributed by atoms with Crippen LogP contribution in [0.2, 0.25) is 0 Å². The largest absolute Gasteiger partial charge is 0.494 e. The molecular formula is C20H26N2O2. The Bertz CT molecular complexity index is 641. The van der Waals surface area contributed by atoms with Crippen LogP contribution in [0.25, 0.3) is 0 Å². The number of rotatable bonds is 7. The van der Waals surface area contributed by atoms with Gasteiger partial charge in [-0.2, -0.15) is 0 Å². The zero-order chi connectivity index (χ0) is 17.4. The fraction of sp³-hybridized carbons (Fsp3) is 0.350. The van der Waals surface area contributed by atoms with E-state index in [0.717, 1.165) is 16.9 Å². The molecule has 2 aromatic rings. The van der Waals surface area contributed by atoms with E-state index in [2.05, 4.69) is 24.5 Å². The lowest BCUT2D eigenvalue weighted by atomic mass is 9.96. The fourth-order valence-corrected chi connectivity index (χ4v) is 2.58. The van der Waals surface area contributed by atoms with Crippen molar-refractivity contribution in [3.8, 4) is 5.75 Å². The third kappa shape index (κ3) is 5.30. The van der Waals surface area contributed by atoms with Gasteiger partial charge in [0.05, 0.1) is 12.6 Å². The topological polar surface area (TPSA) is 50.4 Å². The summed E-state index contributed by atoms with van der Waals surface area (Å²) in [4.78, 5) is 12.3. The van der Waals surface area contributed by atoms with Crippen molar-refractivity contribution in [3.63, 3.8) is 0 Å². The number of carbonyl (C=O) groups is 1. The van der Waals surface area contributed by atoms with Gasteiger partial charge in [0.15, 0.2) is 0 Å².